The van der Waals surface area contributed by atoms with E-state index in [1.54, 1.807) is 25.1 Å². The van der Waals surface area contributed by atoms with Crippen molar-refractivity contribution in [1.82, 2.24) is 10.3 Å². The average Bonchev–Trinajstić information content (AvgIpc) is 2.76. The van der Waals surface area contributed by atoms with Gasteiger partial charge in [0.05, 0.1) is 10.6 Å². The molecule has 1 aliphatic rings. The molecule has 0 aliphatic carbocycles. The van der Waals surface area contributed by atoms with Crippen molar-refractivity contribution in [3.8, 4) is 0 Å². The molecule has 1 aromatic rings. The molecule has 136 valence electrons. The van der Waals surface area contributed by atoms with Crippen molar-refractivity contribution >= 4 is 38.6 Å². The van der Waals surface area contributed by atoms with Crippen LogP contribution in [-0.2, 0) is 19.4 Å². The number of nitrogens with zero attached hydrogens (tertiary/aromatic N) is 2. The molecule has 0 bridgehead atoms. The zero-order valence-corrected chi connectivity index (χ0v) is 16.4. The number of sulfone groups is 1. The first-order chi connectivity index (χ1) is 11.4. The van der Waals surface area contributed by atoms with Gasteiger partial charge in [-0.2, -0.15) is 0 Å². The normalized spacial score (nSPS) is 20.4. The van der Waals surface area contributed by atoms with Crippen molar-refractivity contribution in [2.24, 2.45) is 5.10 Å². The number of hydrogen-bond acceptors (Lipinski definition) is 6. The Hall–Kier alpha value is -1.87. The molecule has 0 unspecified atom stereocenters. The van der Waals surface area contributed by atoms with Gasteiger partial charge < -0.3 is 5.32 Å². The number of hydrogen-bond donors (Lipinski definition) is 1. The number of aryl methyl sites for hydroxylation is 2. The molecule has 0 fully saturated rings. The number of amidine groups is 1. The fourth-order valence-electron chi connectivity index (χ4n) is 2.51. The van der Waals surface area contributed by atoms with Crippen molar-refractivity contribution in [1.29, 1.82) is 0 Å². The monoisotopic (exact) mass is 383 g/mol. The molecule has 0 spiro atoms. The van der Waals surface area contributed by atoms with Gasteiger partial charge in [-0.1, -0.05) is 17.8 Å². The molecule has 1 atom stereocenters. The summed E-state index contributed by atoms with van der Waals surface area (Å²) < 4.78 is 25.7. The van der Waals surface area contributed by atoms with Crippen LogP contribution in [0.2, 0.25) is 0 Å². The summed E-state index contributed by atoms with van der Waals surface area (Å²) in [6.07, 6.45) is 0. The summed E-state index contributed by atoms with van der Waals surface area (Å²) in [5.41, 5.74) is 1.88. The highest BCUT2D eigenvalue weighted by molar-refractivity contribution is 8.15. The van der Waals surface area contributed by atoms with Crippen LogP contribution in [0.4, 0.5) is 0 Å². The first kappa shape index (κ1) is 19.5. The van der Waals surface area contributed by atoms with E-state index >= 15 is 0 Å². The van der Waals surface area contributed by atoms with Crippen LogP contribution in [0.5, 0.6) is 0 Å². The van der Waals surface area contributed by atoms with E-state index < -0.39 is 20.6 Å². The number of thioether (sulfide) groups is 1. The van der Waals surface area contributed by atoms with Crippen molar-refractivity contribution in [3.63, 3.8) is 0 Å². The minimum atomic E-state index is -3.66. The minimum Gasteiger partial charge on any atom is -0.304 e. The quantitative estimate of drug-likeness (QED) is 0.858. The van der Waals surface area contributed by atoms with Crippen LogP contribution in [-0.4, -0.2) is 41.0 Å². The molecule has 2 amide bonds. The van der Waals surface area contributed by atoms with Crippen molar-refractivity contribution in [3.05, 3.63) is 29.3 Å². The Morgan fingerprint density at radius 2 is 1.88 bits per heavy atom. The Labute approximate surface area is 151 Å². The fourth-order valence-corrected chi connectivity index (χ4v) is 5.82. The van der Waals surface area contributed by atoms with E-state index in [4.69, 9.17) is 0 Å². The smallest absolute Gasteiger partial charge is 0.240 e. The van der Waals surface area contributed by atoms with E-state index in [2.05, 4.69) is 10.4 Å². The van der Waals surface area contributed by atoms with Crippen LogP contribution >= 0.6 is 11.8 Å². The van der Waals surface area contributed by atoms with Gasteiger partial charge in [0, 0.05) is 13.8 Å². The maximum absolute atomic E-state index is 12.9. The van der Waals surface area contributed by atoms with E-state index in [1.807, 2.05) is 13.8 Å². The maximum Gasteiger partial charge on any atom is 0.240 e. The van der Waals surface area contributed by atoms with E-state index in [0.717, 1.165) is 27.9 Å². The van der Waals surface area contributed by atoms with E-state index in [0.29, 0.717) is 0 Å². The van der Waals surface area contributed by atoms with Gasteiger partial charge in [-0.15, -0.1) is 5.10 Å². The van der Waals surface area contributed by atoms with Crippen molar-refractivity contribution in [2.45, 2.75) is 44.4 Å². The lowest BCUT2D eigenvalue weighted by molar-refractivity contribution is -0.131. The lowest BCUT2D eigenvalue weighted by atomic mass is 10.1. The number of nitrogens with one attached hydrogen (secondary N) is 1. The third-order valence-electron chi connectivity index (χ3n) is 3.83. The fraction of sp³-hybridized carbons (Fsp3) is 0.438. The second-order valence-corrected chi connectivity index (χ2v) is 9.66. The molecule has 0 saturated carbocycles. The Morgan fingerprint density at radius 3 is 2.40 bits per heavy atom. The highest BCUT2D eigenvalue weighted by atomic mass is 32.2. The Morgan fingerprint density at radius 1 is 1.24 bits per heavy atom. The summed E-state index contributed by atoms with van der Waals surface area (Å²) in [5, 5.41) is 7.89. The number of amides is 2. The lowest BCUT2D eigenvalue weighted by Gasteiger charge is -2.30. The molecule has 1 N–H and O–H groups in total. The van der Waals surface area contributed by atoms with Crippen LogP contribution in [0.15, 0.2) is 28.2 Å². The number of rotatable bonds is 3. The lowest BCUT2D eigenvalue weighted by Crippen LogP contribution is -2.45. The summed E-state index contributed by atoms with van der Waals surface area (Å²) in [7, 11) is -3.66. The molecular weight excluding hydrogens is 362 g/mol. The van der Waals surface area contributed by atoms with Crippen molar-refractivity contribution in [2.75, 3.05) is 5.75 Å². The van der Waals surface area contributed by atoms with Crippen LogP contribution in [0.1, 0.15) is 31.9 Å². The summed E-state index contributed by atoms with van der Waals surface area (Å²) in [5.74, 6) is -1.05. The van der Waals surface area contributed by atoms with Crippen LogP contribution in [0, 0.1) is 13.8 Å². The third kappa shape index (κ3) is 4.21. The highest BCUT2D eigenvalue weighted by Gasteiger charge is 2.46. The molecule has 0 saturated heterocycles. The number of hydrazone groups is 1. The Bertz CT molecular complexity index is 864. The number of carbonyl (C=O) groups is 2. The predicted octanol–water partition coefficient (Wildman–Crippen LogP) is 1.80. The molecule has 25 heavy (non-hydrogen) atoms. The topological polar surface area (TPSA) is 95.9 Å². The molecule has 1 aliphatic heterocycles. The first-order valence-corrected chi connectivity index (χ1v) is 10.1. The molecular formula is C16H21N3O4S2. The second-order valence-electron chi connectivity index (χ2n) is 6.20. The van der Waals surface area contributed by atoms with Gasteiger partial charge in [-0.25, -0.2) is 13.4 Å². The molecule has 1 heterocycles. The largest absolute Gasteiger partial charge is 0.304 e. The second kappa shape index (κ2) is 6.80. The molecule has 1 aromatic carbocycles. The molecule has 2 rings (SSSR count). The number of benzene rings is 1. The zero-order chi connectivity index (χ0) is 19.0. The van der Waals surface area contributed by atoms with Crippen LogP contribution in [0.3, 0.4) is 0 Å². The number of carbonyl (C=O) groups excluding carboxylic acids is 2. The molecule has 7 nitrogen and oxygen atoms in total. The molecule has 0 aromatic heterocycles. The van der Waals surface area contributed by atoms with Gasteiger partial charge in [0.15, 0.2) is 15.0 Å². The van der Waals surface area contributed by atoms with Crippen molar-refractivity contribution < 1.29 is 18.0 Å². The summed E-state index contributed by atoms with van der Waals surface area (Å²) in [6.45, 7) is 8.01. The highest BCUT2D eigenvalue weighted by Crippen LogP contribution is 2.38. The zero-order valence-electron chi connectivity index (χ0n) is 14.8. The summed E-state index contributed by atoms with van der Waals surface area (Å²) >= 11 is 1.05. The van der Waals surface area contributed by atoms with Gasteiger partial charge in [0.2, 0.25) is 11.8 Å². The van der Waals surface area contributed by atoms with Crippen LogP contribution in [0.25, 0.3) is 0 Å². The van der Waals surface area contributed by atoms with E-state index in [-0.39, 0.29) is 21.7 Å². The molecule has 0 radical (unpaired) electrons. The summed E-state index contributed by atoms with van der Waals surface area (Å²) in [6, 6.07) is 4.95. The first-order valence-electron chi connectivity index (χ1n) is 7.61. The van der Waals surface area contributed by atoms with E-state index in [1.165, 1.54) is 13.8 Å². The Balaban J connectivity index is 2.34. The average molecular weight is 383 g/mol. The SMILES string of the molecule is CC(=O)NC1=NN(C(C)=O)[C@](C)(CS(=O)(=O)c2ccc(C)c(C)c2)S1. The summed E-state index contributed by atoms with van der Waals surface area (Å²) in [4.78, 5) is 22.2. The minimum absolute atomic E-state index is 0.203. The van der Waals surface area contributed by atoms with Gasteiger partial charge in [-0.05, 0) is 44.0 Å². The van der Waals surface area contributed by atoms with Gasteiger partial charge in [-0.3, -0.25) is 9.59 Å². The van der Waals surface area contributed by atoms with Gasteiger partial charge in [0.25, 0.3) is 0 Å². The van der Waals surface area contributed by atoms with E-state index in [9.17, 15) is 18.0 Å². The standard InChI is InChI=1S/C16H21N3O4S2/c1-10-6-7-14(8-11(10)2)25(22,23)9-16(5)19(13(4)21)18-15(24-16)17-12(3)20/h6-8H,9H2,1-5H3,(H,17,18,20)/t16-/m0/s1. The van der Waals surface area contributed by atoms with Gasteiger partial charge >= 0.3 is 0 Å². The third-order valence-corrected chi connectivity index (χ3v) is 7.06. The predicted molar refractivity (Wildman–Crippen MR) is 97.7 cm³/mol. The van der Waals surface area contributed by atoms with Gasteiger partial charge in [0.1, 0.15) is 4.87 Å². The molecule has 9 heteroatoms. The van der Waals surface area contributed by atoms with Crippen LogP contribution < -0.4 is 5.32 Å². The Kier molecular flexibility index (Phi) is 5.29. The maximum atomic E-state index is 12.9.